The third kappa shape index (κ3) is 1.93. The minimum absolute atomic E-state index is 0.708. The van der Waals surface area contributed by atoms with E-state index in [1.165, 1.54) is 29.5 Å². The van der Waals surface area contributed by atoms with Gasteiger partial charge >= 0.3 is 0 Å². The van der Waals surface area contributed by atoms with Gasteiger partial charge < -0.3 is 4.74 Å². The number of ether oxygens (including phenoxy) is 1. The molecular formula is C14H17NOS. The van der Waals surface area contributed by atoms with Crippen molar-refractivity contribution in [3.8, 4) is 5.75 Å². The number of nitrogens with zero attached hydrogens (tertiary/aromatic N) is 1. The van der Waals surface area contributed by atoms with Crippen LogP contribution in [0.1, 0.15) is 42.7 Å². The molecule has 1 aromatic heterocycles. The molecule has 1 aliphatic carbocycles. The highest BCUT2D eigenvalue weighted by molar-refractivity contribution is 7.18. The second kappa shape index (κ2) is 4.30. The minimum atomic E-state index is 0.708. The van der Waals surface area contributed by atoms with Crippen LogP contribution in [0.25, 0.3) is 10.2 Å². The van der Waals surface area contributed by atoms with Crippen LogP contribution >= 0.6 is 11.3 Å². The van der Waals surface area contributed by atoms with Crippen molar-refractivity contribution in [1.82, 2.24) is 4.98 Å². The van der Waals surface area contributed by atoms with Crippen molar-refractivity contribution in [3.63, 3.8) is 0 Å². The number of rotatable bonds is 3. The van der Waals surface area contributed by atoms with E-state index in [0.717, 1.165) is 22.2 Å². The molecule has 0 unspecified atom stereocenters. The van der Waals surface area contributed by atoms with Crippen LogP contribution in [0.3, 0.4) is 0 Å². The number of benzene rings is 1. The van der Waals surface area contributed by atoms with Gasteiger partial charge in [-0.3, -0.25) is 0 Å². The van der Waals surface area contributed by atoms with E-state index in [1.807, 2.05) is 6.92 Å². The summed E-state index contributed by atoms with van der Waals surface area (Å²) in [6.45, 7) is 4.80. The Morgan fingerprint density at radius 2 is 2.24 bits per heavy atom. The molecule has 3 heteroatoms. The minimum Gasteiger partial charge on any atom is -0.492 e. The Morgan fingerprint density at radius 1 is 1.41 bits per heavy atom. The van der Waals surface area contributed by atoms with Gasteiger partial charge in [0.25, 0.3) is 0 Å². The maximum atomic E-state index is 5.74. The third-order valence-corrected chi connectivity index (χ3v) is 4.38. The highest BCUT2D eigenvalue weighted by Gasteiger charge is 2.21. The Morgan fingerprint density at radius 3 is 2.88 bits per heavy atom. The first-order valence-electron chi connectivity index (χ1n) is 6.32. The first kappa shape index (κ1) is 11.0. The van der Waals surface area contributed by atoms with E-state index in [1.54, 1.807) is 11.3 Å². The van der Waals surface area contributed by atoms with Crippen LogP contribution in [0.4, 0.5) is 0 Å². The lowest BCUT2D eigenvalue weighted by atomic mass is 9.80. The van der Waals surface area contributed by atoms with Gasteiger partial charge in [-0.05, 0) is 50.3 Å². The van der Waals surface area contributed by atoms with E-state index in [4.69, 9.17) is 4.74 Å². The van der Waals surface area contributed by atoms with Crippen molar-refractivity contribution in [3.05, 3.63) is 22.7 Å². The standard InChI is InChI=1S/C14H17NOS/c1-3-16-12-7-11(10-5-4-6-10)8-13-14(12)15-9(2)17-13/h7-8,10H,3-6H2,1-2H3. The largest absolute Gasteiger partial charge is 0.492 e. The monoisotopic (exact) mass is 247 g/mol. The Bertz CT molecular complexity index is 542. The molecule has 1 saturated carbocycles. The molecule has 0 N–H and O–H groups in total. The van der Waals surface area contributed by atoms with Crippen molar-refractivity contribution >= 4 is 21.6 Å². The van der Waals surface area contributed by atoms with Crippen molar-refractivity contribution in [2.75, 3.05) is 6.61 Å². The van der Waals surface area contributed by atoms with Crippen LogP contribution in [0.5, 0.6) is 5.75 Å². The number of aryl methyl sites for hydroxylation is 1. The highest BCUT2D eigenvalue weighted by Crippen LogP contribution is 2.41. The lowest BCUT2D eigenvalue weighted by molar-refractivity contribution is 0.341. The molecule has 1 fully saturated rings. The second-order valence-corrected chi connectivity index (χ2v) is 5.89. The zero-order valence-electron chi connectivity index (χ0n) is 10.3. The van der Waals surface area contributed by atoms with Gasteiger partial charge in [0.15, 0.2) is 0 Å². The molecule has 0 amide bonds. The van der Waals surface area contributed by atoms with Crippen LogP contribution in [-0.2, 0) is 0 Å². The summed E-state index contributed by atoms with van der Waals surface area (Å²) in [5.41, 5.74) is 2.48. The average molecular weight is 247 g/mol. The van der Waals surface area contributed by atoms with E-state index in [-0.39, 0.29) is 0 Å². The quantitative estimate of drug-likeness (QED) is 0.808. The molecule has 1 heterocycles. The molecule has 2 nitrogen and oxygen atoms in total. The van der Waals surface area contributed by atoms with E-state index in [2.05, 4.69) is 24.0 Å². The number of hydrogen-bond donors (Lipinski definition) is 0. The Labute approximate surface area is 106 Å². The number of thiazole rings is 1. The van der Waals surface area contributed by atoms with Crippen LogP contribution in [-0.4, -0.2) is 11.6 Å². The van der Waals surface area contributed by atoms with Crippen LogP contribution < -0.4 is 4.74 Å². The van der Waals surface area contributed by atoms with Gasteiger partial charge in [-0.1, -0.05) is 6.42 Å². The van der Waals surface area contributed by atoms with Gasteiger partial charge in [-0.25, -0.2) is 4.98 Å². The average Bonchev–Trinajstić information content (AvgIpc) is 2.56. The number of fused-ring (bicyclic) bond motifs is 1. The zero-order chi connectivity index (χ0) is 11.8. The zero-order valence-corrected chi connectivity index (χ0v) is 11.1. The molecule has 90 valence electrons. The molecule has 2 aromatic rings. The molecule has 0 radical (unpaired) electrons. The smallest absolute Gasteiger partial charge is 0.146 e. The first-order valence-corrected chi connectivity index (χ1v) is 7.13. The maximum absolute atomic E-state index is 5.74. The van der Waals surface area contributed by atoms with Crippen molar-refractivity contribution in [2.45, 2.75) is 39.0 Å². The first-order chi connectivity index (χ1) is 8.28. The predicted octanol–water partition coefficient (Wildman–Crippen LogP) is 4.27. The highest BCUT2D eigenvalue weighted by atomic mass is 32.1. The molecule has 1 aliphatic rings. The van der Waals surface area contributed by atoms with Crippen molar-refractivity contribution in [2.24, 2.45) is 0 Å². The summed E-state index contributed by atoms with van der Waals surface area (Å²) in [4.78, 5) is 4.57. The van der Waals surface area contributed by atoms with E-state index in [9.17, 15) is 0 Å². The SMILES string of the molecule is CCOc1cc(C2CCC2)cc2sc(C)nc12. The normalized spacial score (nSPS) is 16.1. The lowest BCUT2D eigenvalue weighted by Crippen LogP contribution is -2.08. The molecule has 0 bridgehead atoms. The van der Waals surface area contributed by atoms with Gasteiger partial charge in [0.2, 0.25) is 0 Å². The number of aromatic nitrogens is 1. The molecule has 1 aromatic carbocycles. The van der Waals surface area contributed by atoms with Gasteiger partial charge in [0, 0.05) is 0 Å². The summed E-state index contributed by atoms with van der Waals surface area (Å²) >= 11 is 1.77. The summed E-state index contributed by atoms with van der Waals surface area (Å²) in [5.74, 6) is 1.72. The Hall–Kier alpha value is -1.09. The fraction of sp³-hybridized carbons (Fsp3) is 0.500. The molecule has 17 heavy (non-hydrogen) atoms. The van der Waals surface area contributed by atoms with Crippen molar-refractivity contribution < 1.29 is 4.74 Å². The van der Waals surface area contributed by atoms with Crippen LogP contribution in [0.15, 0.2) is 12.1 Å². The van der Waals surface area contributed by atoms with Crippen LogP contribution in [0.2, 0.25) is 0 Å². The predicted molar refractivity (Wildman–Crippen MR) is 72.1 cm³/mol. The van der Waals surface area contributed by atoms with E-state index < -0.39 is 0 Å². The molecule has 0 atom stereocenters. The van der Waals surface area contributed by atoms with Gasteiger partial charge in [-0.2, -0.15) is 0 Å². The molecular weight excluding hydrogens is 230 g/mol. The van der Waals surface area contributed by atoms with Crippen molar-refractivity contribution in [1.29, 1.82) is 0 Å². The lowest BCUT2D eigenvalue weighted by Gasteiger charge is -2.26. The fourth-order valence-corrected chi connectivity index (χ4v) is 3.27. The van der Waals surface area contributed by atoms with Crippen LogP contribution in [0, 0.1) is 6.92 Å². The summed E-state index contributed by atoms with van der Waals surface area (Å²) < 4.78 is 7.01. The van der Waals surface area contributed by atoms with Gasteiger partial charge in [-0.15, -0.1) is 11.3 Å². The van der Waals surface area contributed by atoms with Gasteiger partial charge in [0.1, 0.15) is 11.3 Å². The Kier molecular flexibility index (Phi) is 2.79. The number of hydrogen-bond acceptors (Lipinski definition) is 3. The molecule has 0 spiro atoms. The maximum Gasteiger partial charge on any atom is 0.146 e. The second-order valence-electron chi connectivity index (χ2n) is 4.66. The summed E-state index contributed by atoms with van der Waals surface area (Å²) in [5, 5.41) is 1.12. The molecule has 0 saturated heterocycles. The summed E-state index contributed by atoms with van der Waals surface area (Å²) in [6, 6.07) is 4.52. The summed E-state index contributed by atoms with van der Waals surface area (Å²) in [7, 11) is 0. The fourth-order valence-electron chi connectivity index (χ4n) is 2.37. The van der Waals surface area contributed by atoms with E-state index in [0.29, 0.717) is 6.61 Å². The third-order valence-electron chi connectivity index (χ3n) is 3.47. The molecule has 0 aliphatic heterocycles. The Balaban J connectivity index is 2.11. The molecule has 3 rings (SSSR count). The van der Waals surface area contributed by atoms with Gasteiger partial charge in [0.05, 0.1) is 16.3 Å². The summed E-state index contributed by atoms with van der Waals surface area (Å²) in [6.07, 6.45) is 4.03. The topological polar surface area (TPSA) is 22.1 Å². The van der Waals surface area contributed by atoms with E-state index >= 15 is 0 Å².